The van der Waals surface area contributed by atoms with Gasteiger partial charge in [-0.25, -0.2) is 4.39 Å². The van der Waals surface area contributed by atoms with E-state index >= 15 is 0 Å². The number of amides is 1. The Morgan fingerprint density at radius 3 is 2.43 bits per heavy atom. The molecule has 3 nitrogen and oxygen atoms in total. The van der Waals surface area contributed by atoms with Gasteiger partial charge in [-0.15, -0.1) is 0 Å². The lowest BCUT2D eigenvalue weighted by atomic mass is 9.90. The Morgan fingerprint density at radius 1 is 1.36 bits per heavy atom. The highest BCUT2D eigenvalue weighted by molar-refractivity contribution is 5.89. The second-order valence-corrected chi connectivity index (χ2v) is 3.47. The molecule has 0 unspecified atom stereocenters. The largest absolute Gasteiger partial charge is 0.335 e. The summed E-state index contributed by atoms with van der Waals surface area (Å²) in [6.45, 7) is 0. The van der Waals surface area contributed by atoms with Gasteiger partial charge in [-0.1, -0.05) is 12.1 Å². The van der Waals surface area contributed by atoms with Gasteiger partial charge in [0, 0.05) is 7.05 Å². The second kappa shape index (κ2) is 3.06. The molecule has 1 heterocycles. The highest BCUT2D eigenvalue weighted by Crippen LogP contribution is 2.31. The lowest BCUT2D eigenvalue weighted by Crippen LogP contribution is -2.61. The van der Waals surface area contributed by atoms with Crippen molar-refractivity contribution in [1.82, 2.24) is 4.90 Å². The summed E-state index contributed by atoms with van der Waals surface area (Å²) in [4.78, 5) is 12.7. The van der Waals surface area contributed by atoms with Gasteiger partial charge in [0.05, 0.1) is 6.04 Å². The summed E-state index contributed by atoms with van der Waals surface area (Å²) < 4.78 is 12.6. The van der Waals surface area contributed by atoms with Crippen LogP contribution >= 0.6 is 0 Å². The standard InChI is InChI=1S/C10H11FN2O/c1-13-9(8(12)10(13)14)6-2-4-7(11)5-3-6/h2-5,8-9H,12H2,1H3/t8-,9+/m0/s1. The third-order valence-corrected chi connectivity index (χ3v) is 2.60. The molecule has 1 saturated heterocycles. The number of carbonyl (C=O) groups is 1. The van der Waals surface area contributed by atoms with Crippen molar-refractivity contribution in [3.63, 3.8) is 0 Å². The van der Waals surface area contributed by atoms with Crippen LogP contribution in [0.15, 0.2) is 24.3 Å². The number of likely N-dealkylation sites (N-methyl/N-ethyl adjacent to an activating group) is 1. The maximum absolute atomic E-state index is 12.6. The zero-order chi connectivity index (χ0) is 10.3. The summed E-state index contributed by atoms with van der Waals surface area (Å²) in [5.41, 5.74) is 6.52. The first-order valence-electron chi connectivity index (χ1n) is 4.39. The maximum atomic E-state index is 12.6. The average Bonchev–Trinajstić information content (AvgIpc) is 2.21. The van der Waals surface area contributed by atoms with E-state index in [2.05, 4.69) is 0 Å². The lowest BCUT2D eigenvalue weighted by molar-refractivity contribution is -0.147. The zero-order valence-corrected chi connectivity index (χ0v) is 7.77. The number of nitrogens with zero attached hydrogens (tertiary/aromatic N) is 1. The van der Waals surface area contributed by atoms with Gasteiger partial charge < -0.3 is 10.6 Å². The van der Waals surface area contributed by atoms with Gasteiger partial charge in [0.2, 0.25) is 5.91 Å². The fraction of sp³-hybridized carbons (Fsp3) is 0.300. The van der Waals surface area contributed by atoms with Crippen LogP contribution in [0, 0.1) is 5.82 Å². The number of rotatable bonds is 1. The average molecular weight is 194 g/mol. The molecule has 1 aromatic rings. The lowest BCUT2D eigenvalue weighted by Gasteiger charge is -2.43. The molecule has 0 spiro atoms. The number of nitrogens with two attached hydrogens (primary N) is 1. The first-order valence-corrected chi connectivity index (χ1v) is 4.39. The van der Waals surface area contributed by atoms with Gasteiger partial charge in [0.1, 0.15) is 11.9 Å². The summed E-state index contributed by atoms with van der Waals surface area (Å²) in [5, 5.41) is 0. The molecule has 0 aromatic heterocycles. The van der Waals surface area contributed by atoms with E-state index in [9.17, 15) is 9.18 Å². The minimum atomic E-state index is -0.481. The zero-order valence-electron chi connectivity index (χ0n) is 7.77. The Balaban J connectivity index is 2.24. The quantitative estimate of drug-likeness (QED) is 0.668. The van der Waals surface area contributed by atoms with Gasteiger partial charge in [-0.3, -0.25) is 4.79 Å². The highest BCUT2D eigenvalue weighted by atomic mass is 19.1. The molecule has 4 heteroatoms. The van der Waals surface area contributed by atoms with Gasteiger partial charge in [0.15, 0.2) is 0 Å². The van der Waals surface area contributed by atoms with Gasteiger partial charge in [0.25, 0.3) is 0 Å². The van der Waals surface area contributed by atoms with Crippen LogP contribution in [0.1, 0.15) is 11.6 Å². The van der Waals surface area contributed by atoms with Crippen LogP contribution < -0.4 is 5.73 Å². The van der Waals surface area contributed by atoms with Crippen LogP contribution in [0.25, 0.3) is 0 Å². The van der Waals surface area contributed by atoms with Gasteiger partial charge >= 0.3 is 0 Å². The SMILES string of the molecule is CN1C(=O)[C@@H](N)[C@H]1c1ccc(F)cc1. The van der Waals surface area contributed by atoms with Crippen molar-refractivity contribution in [3.05, 3.63) is 35.6 Å². The van der Waals surface area contributed by atoms with Crippen molar-refractivity contribution < 1.29 is 9.18 Å². The molecule has 1 amide bonds. The fourth-order valence-electron chi connectivity index (χ4n) is 1.76. The van der Waals surface area contributed by atoms with Gasteiger partial charge in [-0.05, 0) is 17.7 Å². The molecule has 0 aliphatic carbocycles. The highest BCUT2D eigenvalue weighted by Gasteiger charge is 2.42. The molecule has 74 valence electrons. The van der Waals surface area contributed by atoms with Crippen molar-refractivity contribution in [2.45, 2.75) is 12.1 Å². The molecule has 1 aromatic carbocycles. The van der Waals surface area contributed by atoms with Gasteiger partial charge in [-0.2, -0.15) is 0 Å². The summed E-state index contributed by atoms with van der Waals surface area (Å²) in [7, 11) is 1.69. The van der Waals surface area contributed by atoms with E-state index in [1.54, 1.807) is 24.1 Å². The van der Waals surface area contributed by atoms with Crippen molar-refractivity contribution in [1.29, 1.82) is 0 Å². The number of hydrogen-bond acceptors (Lipinski definition) is 2. The summed E-state index contributed by atoms with van der Waals surface area (Å²) in [5.74, 6) is -0.352. The Morgan fingerprint density at radius 2 is 1.93 bits per heavy atom. The number of hydrogen-bond donors (Lipinski definition) is 1. The molecule has 1 aliphatic heterocycles. The van der Waals surface area contributed by atoms with Crippen LogP contribution in [0.5, 0.6) is 0 Å². The predicted octanol–water partition coefficient (Wildman–Crippen LogP) is 0.666. The topological polar surface area (TPSA) is 46.3 Å². The van der Waals surface area contributed by atoms with E-state index in [0.717, 1.165) is 5.56 Å². The maximum Gasteiger partial charge on any atom is 0.242 e. The van der Waals surface area contributed by atoms with Crippen LogP contribution in [0.3, 0.4) is 0 Å². The summed E-state index contributed by atoms with van der Waals surface area (Å²) >= 11 is 0. The molecule has 0 bridgehead atoms. The Hall–Kier alpha value is -1.42. The number of halogens is 1. The first kappa shape index (κ1) is 9.15. The Kier molecular flexibility index (Phi) is 2.00. The molecule has 1 fully saturated rings. The predicted molar refractivity (Wildman–Crippen MR) is 49.9 cm³/mol. The molecular formula is C10H11FN2O. The fourth-order valence-corrected chi connectivity index (χ4v) is 1.76. The number of β-lactam (4-membered cyclic amide) rings is 1. The molecule has 14 heavy (non-hydrogen) atoms. The smallest absolute Gasteiger partial charge is 0.242 e. The molecule has 2 atom stereocenters. The van der Waals surface area contributed by atoms with Crippen LogP contribution in [-0.2, 0) is 4.79 Å². The van der Waals surface area contributed by atoms with Crippen LogP contribution in [-0.4, -0.2) is 23.9 Å². The van der Waals surface area contributed by atoms with Crippen molar-refractivity contribution >= 4 is 5.91 Å². The normalized spacial score (nSPS) is 26.2. The van der Waals surface area contributed by atoms with Crippen molar-refractivity contribution in [2.24, 2.45) is 5.73 Å². The third kappa shape index (κ3) is 1.19. The number of carbonyl (C=O) groups excluding carboxylic acids is 1. The van der Waals surface area contributed by atoms with Crippen molar-refractivity contribution in [3.8, 4) is 0 Å². The molecule has 2 N–H and O–H groups in total. The molecular weight excluding hydrogens is 183 g/mol. The minimum absolute atomic E-state index is 0.0701. The van der Waals surface area contributed by atoms with E-state index in [1.165, 1.54) is 12.1 Å². The van der Waals surface area contributed by atoms with E-state index in [-0.39, 0.29) is 17.8 Å². The Labute approximate surface area is 81.3 Å². The molecule has 0 radical (unpaired) electrons. The summed E-state index contributed by atoms with van der Waals surface area (Å²) in [6.07, 6.45) is 0. The van der Waals surface area contributed by atoms with E-state index in [4.69, 9.17) is 5.73 Å². The summed E-state index contributed by atoms with van der Waals surface area (Å²) in [6, 6.07) is 5.47. The number of benzene rings is 1. The van der Waals surface area contributed by atoms with E-state index < -0.39 is 6.04 Å². The second-order valence-electron chi connectivity index (χ2n) is 3.47. The third-order valence-electron chi connectivity index (χ3n) is 2.60. The van der Waals surface area contributed by atoms with Crippen molar-refractivity contribution in [2.75, 3.05) is 7.05 Å². The Bertz CT molecular complexity index is 351. The molecule has 0 saturated carbocycles. The monoisotopic (exact) mass is 194 g/mol. The number of likely N-dealkylation sites (tertiary alicyclic amines) is 1. The van der Waals surface area contributed by atoms with E-state index in [0.29, 0.717) is 0 Å². The van der Waals surface area contributed by atoms with E-state index in [1.807, 2.05) is 0 Å². The first-order chi connectivity index (χ1) is 6.61. The van der Waals surface area contributed by atoms with Crippen LogP contribution in [0.2, 0.25) is 0 Å². The molecule has 2 rings (SSSR count). The molecule has 1 aliphatic rings. The van der Waals surface area contributed by atoms with Crippen LogP contribution in [0.4, 0.5) is 4.39 Å². The minimum Gasteiger partial charge on any atom is -0.335 e.